The molecule has 0 spiro atoms. The van der Waals surface area contributed by atoms with E-state index in [0.29, 0.717) is 17.0 Å². The first kappa shape index (κ1) is 28.7. The lowest BCUT2D eigenvalue weighted by Gasteiger charge is -2.27. The van der Waals surface area contributed by atoms with Crippen LogP contribution in [0.15, 0.2) is 35.2 Å². The summed E-state index contributed by atoms with van der Waals surface area (Å²) in [5, 5.41) is 5.19. The summed E-state index contributed by atoms with van der Waals surface area (Å²) in [5.41, 5.74) is -0.296. The first-order chi connectivity index (χ1) is 17.4. The van der Waals surface area contributed by atoms with Crippen LogP contribution < -0.4 is 15.5 Å². The van der Waals surface area contributed by atoms with Gasteiger partial charge in [-0.3, -0.25) is 9.59 Å². The number of hydrogen-bond acceptors (Lipinski definition) is 5. The molecule has 7 nitrogen and oxygen atoms in total. The van der Waals surface area contributed by atoms with E-state index in [0.717, 1.165) is 24.6 Å². The number of thioether (sulfide) groups is 1. The minimum Gasteiger partial charge on any atom is -0.444 e. The van der Waals surface area contributed by atoms with Gasteiger partial charge in [0.15, 0.2) is 0 Å². The summed E-state index contributed by atoms with van der Waals surface area (Å²) in [6.45, 7) is 7.35. The summed E-state index contributed by atoms with van der Waals surface area (Å²) in [5.74, 6) is -2.41. The molecular formula is C26H30ClF2N3O4S. The van der Waals surface area contributed by atoms with Crippen molar-refractivity contribution in [1.29, 1.82) is 0 Å². The van der Waals surface area contributed by atoms with Gasteiger partial charge in [0.05, 0.1) is 22.8 Å². The van der Waals surface area contributed by atoms with Crippen molar-refractivity contribution in [1.82, 2.24) is 10.6 Å². The Balaban J connectivity index is 2.00. The Morgan fingerprint density at radius 2 is 1.92 bits per heavy atom. The minimum atomic E-state index is -1.02. The van der Waals surface area contributed by atoms with Crippen LogP contribution in [0, 0.1) is 11.6 Å². The van der Waals surface area contributed by atoms with Crippen molar-refractivity contribution >= 4 is 47.0 Å². The molecule has 2 N–H and O–H groups in total. The van der Waals surface area contributed by atoms with Crippen molar-refractivity contribution in [3.05, 3.63) is 58.1 Å². The molecule has 37 heavy (non-hydrogen) atoms. The predicted molar refractivity (Wildman–Crippen MR) is 140 cm³/mol. The number of carbonyl (C=O) groups is 3. The summed E-state index contributed by atoms with van der Waals surface area (Å²) >= 11 is 6.97. The molecule has 1 aliphatic rings. The normalized spacial score (nSPS) is 15.6. The number of amides is 3. The molecule has 0 saturated carbocycles. The fourth-order valence-corrected chi connectivity index (χ4v) is 4.80. The SMILES string of the molecule is CCCCNC(=O)c1cc2c(cc1F)SC[C@H](NC(=O)OC(C)(C)C)C(=O)N2Cc1ccc(Cl)c(F)c1. The van der Waals surface area contributed by atoms with Gasteiger partial charge in [-0.2, -0.15) is 0 Å². The average molecular weight is 554 g/mol. The monoisotopic (exact) mass is 553 g/mol. The fourth-order valence-electron chi connectivity index (χ4n) is 3.61. The molecule has 3 amide bonds. The van der Waals surface area contributed by atoms with Crippen LogP contribution >= 0.6 is 23.4 Å². The van der Waals surface area contributed by atoms with Gasteiger partial charge < -0.3 is 20.3 Å². The van der Waals surface area contributed by atoms with Crippen molar-refractivity contribution in [3.63, 3.8) is 0 Å². The molecule has 1 aliphatic heterocycles. The van der Waals surface area contributed by atoms with Crippen molar-refractivity contribution in [3.8, 4) is 0 Å². The average Bonchev–Trinajstić information content (AvgIpc) is 2.92. The second kappa shape index (κ2) is 12.1. The second-order valence-corrected chi connectivity index (χ2v) is 11.1. The summed E-state index contributed by atoms with van der Waals surface area (Å²) in [7, 11) is 0. The highest BCUT2D eigenvalue weighted by atomic mass is 35.5. The van der Waals surface area contributed by atoms with E-state index in [2.05, 4.69) is 10.6 Å². The fraction of sp³-hybridized carbons (Fsp3) is 0.423. The number of nitrogens with zero attached hydrogens (tertiary/aromatic N) is 1. The quantitative estimate of drug-likeness (QED) is 0.431. The molecular weight excluding hydrogens is 524 g/mol. The Morgan fingerprint density at radius 3 is 2.57 bits per heavy atom. The molecule has 3 rings (SSSR count). The third kappa shape index (κ3) is 7.58. The van der Waals surface area contributed by atoms with Crippen molar-refractivity contribution in [2.45, 2.75) is 63.6 Å². The summed E-state index contributed by atoms with van der Waals surface area (Å²) in [4.78, 5) is 40.5. The van der Waals surface area contributed by atoms with Gasteiger partial charge in [0.2, 0.25) is 0 Å². The Labute approximate surface area is 224 Å². The molecule has 11 heteroatoms. The highest BCUT2D eigenvalue weighted by Gasteiger charge is 2.34. The van der Waals surface area contributed by atoms with E-state index in [-0.39, 0.29) is 28.6 Å². The molecule has 200 valence electrons. The van der Waals surface area contributed by atoms with Crippen LogP contribution in [0.4, 0.5) is 19.3 Å². The number of fused-ring (bicyclic) bond motifs is 1. The van der Waals surface area contributed by atoms with Crippen molar-refractivity contribution in [2.75, 3.05) is 17.2 Å². The van der Waals surface area contributed by atoms with Gasteiger partial charge in [-0.15, -0.1) is 11.8 Å². The third-order valence-corrected chi connectivity index (χ3v) is 6.83. The molecule has 2 aromatic rings. The molecule has 0 aromatic heterocycles. The van der Waals surface area contributed by atoms with E-state index in [9.17, 15) is 23.2 Å². The number of benzene rings is 2. The zero-order chi connectivity index (χ0) is 27.3. The minimum absolute atomic E-state index is 0.0699. The predicted octanol–water partition coefficient (Wildman–Crippen LogP) is 5.68. The van der Waals surface area contributed by atoms with Gasteiger partial charge in [0.1, 0.15) is 23.3 Å². The van der Waals surface area contributed by atoms with Gasteiger partial charge >= 0.3 is 6.09 Å². The number of carbonyl (C=O) groups excluding carboxylic acids is 3. The summed E-state index contributed by atoms with van der Waals surface area (Å²) < 4.78 is 34.4. The van der Waals surface area contributed by atoms with Crippen LogP contribution in [0.3, 0.4) is 0 Å². The molecule has 0 radical (unpaired) electrons. The number of unbranched alkanes of at least 4 members (excludes halogenated alkanes) is 1. The van der Waals surface area contributed by atoms with Crippen LogP contribution in [0.1, 0.15) is 56.5 Å². The summed E-state index contributed by atoms with van der Waals surface area (Å²) in [6.07, 6.45) is 0.811. The molecule has 0 bridgehead atoms. The highest BCUT2D eigenvalue weighted by molar-refractivity contribution is 7.99. The van der Waals surface area contributed by atoms with Crippen molar-refractivity contribution < 1.29 is 27.9 Å². The Morgan fingerprint density at radius 1 is 1.19 bits per heavy atom. The van der Waals surface area contributed by atoms with E-state index in [4.69, 9.17) is 16.3 Å². The molecule has 0 saturated heterocycles. The van der Waals surface area contributed by atoms with E-state index in [1.54, 1.807) is 26.8 Å². The molecule has 1 heterocycles. The number of alkyl carbamates (subject to hydrolysis) is 1. The Hall–Kier alpha value is -2.85. The Bertz CT molecular complexity index is 1190. The van der Waals surface area contributed by atoms with Gasteiger partial charge in [0.25, 0.3) is 11.8 Å². The van der Waals surface area contributed by atoms with Gasteiger partial charge in [-0.05, 0) is 57.0 Å². The number of ether oxygens (including phenoxy) is 1. The lowest BCUT2D eigenvalue weighted by Crippen LogP contribution is -2.50. The standard InChI is InChI=1S/C26H30ClF2N3O4S/c1-5-6-9-30-23(33)16-11-21-22(12-18(16)28)37-14-20(31-25(35)36-26(2,3)4)24(34)32(21)13-15-7-8-17(27)19(29)10-15/h7-8,10-12,20H,5-6,9,13-14H2,1-4H3,(H,30,33)(H,31,35)/t20-/m0/s1. The van der Waals surface area contributed by atoms with E-state index in [1.807, 2.05) is 6.92 Å². The molecule has 0 aliphatic carbocycles. The number of hydrogen-bond donors (Lipinski definition) is 2. The molecule has 0 fully saturated rings. The highest BCUT2D eigenvalue weighted by Crippen LogP contribution is 2.37. The van der Waals surface area contributed by atoms with Crippen LogP contribution in [0.25, 0.3) is 0 Å². The van der Waals surface area contributed by atoms with E-state index < -0.39 is 41.2 Å². The van der Waals surface area contributed by atoms with Crippen LogP contribution in [0.5, 0.6) is 0 Å². The second-order valence-electron chi connectivity index (χ2n) is 9.59. The van der Waals surface area contributed by atoms with E-state index in [1.165, 1.54) is 29.2 Å². The zero-order valence-corrected chi connectivity index (χ0v) is 22.7. The maximum Gasteiger partial charge on any atom is 0.408 e. The Kier molecular flexibility index (Phi) is 9.41. The maximum atomic E-state index is 15.0. The van der Waals surface area contributed by atoms with Crippen LogP contribution in [0.2, 0.25) is 5.02 Å². The molecule has 1 atom stereocenters. The van der Waals surface area contributed by atoms with Gasteiger partial charge in [-0.25, -0.2) is 13.6 Å². The lowest BCUT2D eigenvalue weighted by molar-refractivity contribution is -0.120. The van der Waals surface area contributed by atoms with Gasteiger partial charge in [0, 0.05) is 17.2 Å². The molecule has 2 aromatic carbocycles. The first-order valence-electron chi connectivity index (χ1n) is 11.9. The van der Waals surface area contributed by atoms with Crippen LogP contribution in [-0.4, -0.2) is 41.8 Å². The van der Waals surface area contributed by atoms with Crippen molar-refractivity contribution in [2.24, 2.45) is 0 Å². The molecule has 0 unspecified atom stereocenters. The number of halogens is 3. The third-order valence-electron chi connectivity index (χ3n) is 5.39. The first-order valence-corrected chi connectivity index (χ1v) is 13.2. The number of rotatable bonds is 7. The smallest absolute Gasteiger partial charge is 0.408 e. The zero-order valence-electron chi connectivity index (χ0n) is 21.1. The summed E-state index contributed by atoms with van der Waals surface area (Å²) in [6, 6.07) is 5.64. The number of nitrogens with one attached hydrogen (secondary N) is 2. The lowest BCUT2D eigenvalue weighted by atomic mass is 10.1. The number of anilines is 1. The largest absolute Gasteiger partial charge is 0.444 e. The van der Waals surface area contributed by atoms with E-state index >= 15 is 0 Å². The van der Waals surface area contributed by atoms with Crippen LogP contribution in [-0.2, 0) is 16.1 Å². The maximum absolute atomic E-state index is 15.0. The van der Waals surface area contributed by atoms with Gasteiger partial charge in [-0.1, -0.05) is 31.0 Å². The topological polar surface area (TPSA) is 87.7 Å².